The highest BCUT2D eigenvalue weighted by atomic mass is 35.5. The van der Waals surface area contributed by atoms with E-state index in [1.807, 2.05) is 53.8 Å². The van der Waals surface area contributed by atoms with Gasteiger partial charge >= 0.3 is 0 Å². The number of hydrogen-bond donors (Lipinski definition) is 0. The average molecular weight is 344 g/mol. The fourth-order valence-corrected chi connectivity index (χ4v) is 3.29. The second kappa shape index (κ2) is 7.22. The second-order valence-electron chi connectivity index (χ2n) is 6.20. The zero-order valence-electron chi connectivity index (χ0n) is 14.1. The molecule has 0 unspecified atom stereocenters. The Morgan fingerprint density at radius 1 is 1.25 bits per heavy atom. The molecule has 1 aliphatic heterocycles. The van der Waals surface area contributed by atoms with Crippen molar-refractivity contribution in [1.29, 1.82) is 0 Å². The van der Waals surface area contributed by atoms with Gasteiger partial charge in [-0.15, -0.1) is 0 Å². The lowest BCUT2D eigenvalue weighted by Gasteiger charge is -2.11. The Morgan fingerprint density at radius 2 is 1.96 bits per heavy atom. The van der Waals surface area contributed by atoms with E-state index in [-0.39, 0.29) is 5.91 Å². The van der Waals surface area contributed by atoms with E-state index in [2.05, 4.69) is 5.10 Å². The lowest BCUT2D eigenvalue weighted by Crippen LogP contribution is -2.25. The number of nitrogens with zero attached hydrogens (tertiary/aromatic N) is 3. The number of aromatic nitrogens is 2. The van der Waals surface area contributed by atoms with Crippen LogP contribution in [0.25, 0.3) is 6.08 Å². The number of amides is 1. The Labute approximate surface area is 147 Å². The second-order valence-corrected chi connectivity index (χ2v) is 6.61. The molecule has 1 saturated heterocycles. The van der Waals surface area contributed by atoms with Crippen LogP contribution in [0.5, 0.6) is 0 Å². The first-order chi connectivity index (χ1) is 11.6. The van der Waals surface area contributed by atoms with Gasteiger partial charge in [-0.1, -0.05) is 29.8 Å². The van der Waals surface area contributed by atoms with Crippen molar-refractivity contribution in [2.75, 3.05) is 13.1 Å². The van der Waals surface area contributed by atoms with E-state index < -0.39 is 0 Å². The zero-order valence-corrected chi connectivity index (χ0v) is 14.9. The van der Waals surface area contributed by atoms with E-state index in [4.69, 9.17) is 11.6 Å². The van der Waals surface area contributed by atoms with Gasteiger partial charge in [-0.25, -0.2) is 0 Å². The monoisotopic (exact) mass is 343 g/mol. The quantitative estimate of drug-likeness (QED) is 0.791. The first kappa shape index (κ1) is 16.8. The van der Waals surface area contributed by atoms with Crippen LogP contribution < -0.4 is 0 Å². The first-order valence-electron chi connectivity index (χ1n) is 8.30. The van der Waals surface area contributed by atoms with Gasteiger partial charge in [0.15, 0.2) is 0 Å². The number of carbonyl (C=O) groups excluding carboxylic acids is 1. The summed E-state index contributed by atoms with van der Waals surface area (Å²) >= 11 is 6.24. The Kier molecular flexibility index (Phi) is 5.05. The van der Waals surface area contributed by atoms with Gasteiger partial charge < -0.3 is 4.90 Å². The van der Waals surface area contributed by atoms with Crippen LogP contribution in [-0.2, 0) is 11.3 Å². The Morgan fingerprint density at radius 3 is 2.67 bits per heavy atom. The number of hydrogen-bond acceptors (Lipinski definition) is 2. The molecule has 2 aromatic rings. The van der Waals surface area contributed by atoms with Gasteiger partial charge in [-0.2, -0.15) is 5.10 Å². The fourth-order valence-electron chi connectivity index (χ4n) is 3.09. The smallest absolute Gasteiger partial charge is 0.246 e. The van der Waals surface area contributed by atoms with Gasteiger partial charge in [0.1, 0.15) is 0 Å². The van der Waals surface area contributed by atoms with Crippen molar-refractivity contribution >= 4 is 23.6 Å². The number of benzene rings is 1. The Bertz CT molecular complexity index is 773. The summed E-state index contributed by atoms with van der Waals surface area (Å²) in [6.07, 6.45) is 5.77. The summed E-state index contributed by atoms with van der Waals surface area (Å²) in [6, 6.07) is 7.79. The van der Waals surface area contributed by atoms with Gasteiger partial charge in [0.25, 0.3) is 0 Å². The minimum absolute atomic E-state index is 0.0881. The topological polar surface area (TPSA) is 38.1 Å². The summed E-state index contributed by atoms with van der Waals surface area (Å²) in [7, 11) is 0. The highest BCUT2D eigenvalue weighted by molar-refractivity contribution is 6.31. The van der Waals surface area contributed by atoms with E-state index in [0.29, 0.717) is 6.54 Å². The molecule has 0 bridgehead atoms. The minimum Gasteiger partial charge on any atom is -0.339 e. The SMILES string of the molecule is Cc1nn(Cc2ccccc2Cl)c(C)c1/C=C/C(=O)N1CCCC1. The average Bonchev–Trinajstić information content (AvgIpc) is 3.18. The molecule has 0 N–H and O–H groups in total. The number of aryl methyl sites for hydroxylation is 1. The summed E-state index contributed by atoms with van der Waals surface area (Å²) in [4.78, 5) is 14.1. The van der Waals surface area contributed by atoms with Crippen LogP contribution in [0.3, 0.4) is 0 Å². The summed E-state index contributed by atoms with van der Waals surface area (Å²) < 4.78 is 1.94. The van der Waals surface area contributed by atoms with Gasteiger partial charge in [-0.3, -0.25) is 9.48 Å². The van der Waals surface area contributed by atoms with Crippen LogP contribution in [-0.4, -0.2) is 33.7 Å². The highest BCUT2D eigenvalue weighted by Crippen LogP contribution is 2.20. The van der Waals surface area contributed by atoms with Gasteiger partial charge in [-0.05, 0) is 44.4 Å². The van der Waals surface area contributed by atoms with E-state index in [1.165, 1.54) is 0 Å². The molecule has 1 aliphatic rings. The van der Waals surface area contributed by atoms with E-state index in [1.54, 1.807) is 6.08 Å². The summed E-state index contributed by atoms with van der Waals surface area (Å²) in [5.74, 6) is 0.0881. The third-order valence-electron chi connectivity index (χ3n) is 4.53. The van der Waals surface area contributed by atoms with Crippen LogP contribution in [0.2, 0.25) is 5.02 Å². The molecule has 0 spiro atoms. The lowest BCUT2D eigenvalue weighted by molar-refractivity contribution is -0.124. The molecule has 3 rings (SSSR count). The minimum atomic E-state index is 0.0881. The van der Waals surface area contributed by atoms with Crippen molar-refractivity contribution in [3.05, 3.63) is 57.9 Å². The van der Waals surface area contributed by atoms with E-state index >= 15 is 0 Å². The Balaban J connectivity index is 1.79. The number of carbonyl (C=O) groups is 1. The maximum absolute atomic E-state index is 12.2. The molecule has 0 radical (unpaired) electrons. The third kappa shape index (κ3) is 3.54. The van der Waals surface area contributed by atoms with Crippen molar-refractivity contribution in [3.63, 3.8) is 0 Å². The predicted octanol–water partition coefficient (Wildman–Crippen LogP) is 3.84. The van der Waals surface area contributed by atoms with Crippen molar-refractivity contribution in [2.45, 2.75) is 33.2 Å². The molecule has 4 nitrogen and oxygen atoms in total. The summed E-state index contributed by atoms with van der Waals surface area (Å²) in [5.41, 5.74) is 4.01. The molecule has 5 heteroatoms. The predicted molar refractivity (Wildman–Crippen MR) is 97.1 cm³/mol. The molecule has 24 heavy (non-hydrogen) atoms. The number of rotatable bonds is 4. The molecule has 126 valence electrons. The molecule has 2 heterocycles. The number of halogens is 1. The molecular weight excluding hydrogens is 322 g/mol. The summed E-state index contributed by atoms with van der Waals surface area (Å²) in [6.45, 7) is 6.35. The zero-order chi connectivity index (χ0) is 17.1. The van der Waals surface area contributed by atoms with Crippen LogP contribution in [0.4, 0.5) is 0 Å². The highest BCUT2D eigenvalue weighted by Gasteiger charge is 2.16. The largest absolute Gasteiger partial charge is 0.339 e. The molecule has 1 aromatic heterocycles. The molecular formula is C19H22ClN3O. The van der Waals surface area contributed by atoms with Gasteiger partial charge in [0.2, 0.25) is 5.91 Å². The molecule has 1 fully saturated rings. The fraction of sp³-hybridized carbons (Fsp3) is 0.368. The van der Waals surface area contributed by atoms with Crippen molar-refractivity contribution in [3.8, 4) is 0 Å². The van der Waals surface area contributed by atoms with Crippen molar-refractivity contribution in [2.24, 2.45) is 0 Å². The lowest BCUT2D eigenvalue weighted by atomic mass is 10.1. The van der Waals surface area contributed by atoms with E-state index in [0.717, 1.165) is 53.5 Å². The maximum Gasteiger partial charge on any atom is 0.246 e. The van der Waals surface area contributed by atoms with Crippen LogP contribution >= 0.6 is 11.6 Å². The maximum atomic E-state index is 12.2. The van der Waals surface area contributed by atoms with Gasteiger partial charge in [0, 0.05) is 35.4 Å². The van der Waals surface area contributed by atoms with E-state index in [9.17, 15) is 4.79 Å². The number of likely N-dealkylation sites (tertiary alicyclic amines) is 1. The summed E-state index contributed by atoms with van der Waals surface area (Å²) in [5, 5.41) is 5.35. The normalized spacial score (nSPS) is 14.7. The van der Waals surface area contributed by atoms with Gasteiger partial charge in [0.05, 0.1) is 12.2 Å². The van der Waals surface area contributed by atoms with Crippen LogP contribution in [0, 0.1) is 13.8 Å². The molecule has 0 saturated carbocycles. The molecule has 1 aromatic carbocycles. The van der Waals surface area contributed by atoms with Crippen LogP contribution in [0.15, 0.2) is 30.3 Å². The van der Waals surface area contributed by atoms with Crippen LogP contribution in [0.1, 0.15) is 35.4 Å². The first-order valence-corrected chi connectivity index (χ1v) is 8.68. The standard InChI is InChI=1S/C19H22ClN3O/c1-14-17(9-10-19(24)22-11-5-6-12-22)15(2)23(21-14)13-16-7-3-4-8-18(16)20/h3-4,7-10H,5-6,11-13H2,1-2H3/b10-9+. The third-order valence-corrected chi connectivity index (χ3v) is 4.89. The Hall–Kier alpha value is -2.07. The molecule has 1 amide bonds. The molecule has 0 atom stereocenters. The van der Waals surface area contributed by atoms with Crippen molar-refractivity contribution in [1.82, 2.24) is 14.7 Å². The van der Waals surface area contributed by atoms with Crippen molar-refractivity contribution < 1.29 is 4.79 Å². The molecule has 0 aliphatic carbocycles.